The molecule has 0 fully saturated rings. The van der Waals surface area contributed by atoms with Crippen LogP contribution < -0.4 is 10.9 Å². The fourth-order valence-electron chi connectivity index (χ4n) is 1.23. The first-order chi connectivity index (χ1) is 7.45. The van der Waals surface area contributed by atoms with Gasteiger partial charge in [-0.1, -0.05) is 26.0 Å². The van der Waals surface area contributed by atoms with Crippen LogP contribution in [0.4, 0.5) is 0 Å². The van der Waals surface area contributed by atoms with Crippen molar-refractivity contribution in [2.24, 2.45) is 5.92 Å². The van der Waals surface area contributed by atoms with Crippen molar-refractivity contribution in [3.05, 3.63) is 29.8 Å². The number of benzene rings is 1. The average molecular weight is 241 g/mol. The molecule has 4 N–H and O–H groups in total. The van der Waals surface area contributed by atoms with E-state index < -0.39 is 5.97 Å². The molecule has 0 unspecified atom stereocenters. The van der Waals surface area contributed by atoms with Gasteiger partial charge >= 0.3 is 0 Å². The highest BCUT2D eigenvalue weighted by molar-refractivity contribution is 5.62. The molecule has 0 aromatic heterocycles. The number of carboxylic acids is 1. The summed E-state index contributed by atoms with van der Waals surface area (Å²) in [4.78, 5) is 9.00. The topological polar surface area (TPSA) is 81.5 Å². The summed E-state index contributed by atoms with van der Waals surface area (Å²) in [5.74, 6) is 0.820. The second-order valence-electron chi connectivity index (χ2n) is 3.97. The average Bonchev–Trinajstić information content (AvgIpc) is 2.17. The molecule has 4 heteroatoms. The number of carboxylic acid groups (broad SMARTS) is 1. The first-order valence-electron chi connectivity index (χ1n) is 5.28. The standard InChI is InChI=1S/C11H16O.C2H4O2.H3N/c1-9(2)8-10-4-6-11(12-3)7-5-10;1-2(3)4;/h4-7,9H,8H2,1-3H3;1H3,(H,3,4);1H3. The minimum absolute atomic E-state index is 0. The lowest BCUT2D eigenvalue weighted by atomic mass is 10.0. The SMILES string of the molecule is CC(=O)O.COc1ccc(CC(C)C)cc1.N. The number of carbonyl (C=O) groups is 1. The summed E-state index contributed by atoms with van der Waals surface area (Å²) in [6, 6.07) is 8.27. The predicted octanol–water partition coefficient (Wildman–Crippen LogP) is 3.15. The van der Waals surface area contributed by atoms with Gasteiger partial charge in [0.25, 0.3) is 5.97 Å². The van der Waals surface area contributed by atoms with Crippen molar-refractivity contribution in [2.45, 2.75) is 27.2 Å². The van der Waals surface area contributed by atoms with Crippen molar-refractivity contribution < 1.29 is 14.6 Å². The molecule has 1 aromatic rings. The lowest BCUT2D eigenvalue weighted by Crippen LogP contribution is -1.93. The molecular weight excluding hydrogens is 218 g/mol. The van der Waals surface area contributed by atoms with Crippen molar-refractivity contribution in [1.29, 1.82) is 0 Å². The molecule has 0 aliphatic heterocycles. The molecule has 0 radical (unpaired) electrons. The molecule has 0 aliphatic rings. The molecule has 0 spiro atoms. The summed E-state index contributed by atoms with van der Waals surface area (Å²) in [5.41, 5.74) is 1.38. The third-order valence-electron chi connectivity index (χ3n) is 1.80. The summed E-state index contributed by atoms with van der Waals surface area (Å²) in [5, 5.41) is 7.42. The van der Waals surface area contributed by atoms with Gasteiger partial charge in [0.15, 0.2) is 0 Å². The zero-order valence-corrected chi connectivity index (χ0v) is 11.1. The summed E-state index contributed by atoms with van der Waals surface area (Å²) in [7, 11) is 1.69. The fraction of sp³-hybridized carbons (Fsp3) is 0.462. The van der Waals surface area contributed by atoms with Gasteiger partial charge < -0.3 is 16.0 Å². The first kappa shape index (κ1) is 17.8. The van der Waals surface area contributed by atoms with Crippen LogP contribution in [0.15, 0.2) is 24.3 Å². The van der Waals surface area contributed by atoms with Crippen molar-refractivity contribution in [2.75, 3.05) is 7.11 Å². The van der Waals surface area contributed by atoms with E-state index in [1.54, 1.807) is 7.11 Å². The van der Waals surface area contributed by atoms with Gasteiger partial charge in [-0.2, -0.15) is 0 Å². The van der Waals surface area contributed by atoms with E-state index >= 15 is 0 Å². The number of methoxy groups -OCH3 is 1. The summed E-state index contributed by atoms with van der Waals surface area (Å²) >= 11 is 0. The normalized spacial score (nSPS) is 8.76. The molecule has 0 amide bonds. The highest BCUT2D eigenvalue weighted by Crippen LogP contribution is 2.13. The third kappa shape index (κ3) is 10.7. The van der Waals surface area contributed by atoms with E-state index in [1.165, 1.54) is 5.56 Å². The van der Waals surface area contributed by atoms with Crippen LogP contribution in [0, 0.1) is 5.92 Å². The molecule has 1 rings (SSSR count). The van der Waals surface area contributed by atoms with E-state index in [9.17, 15) is 0 Å². The van der Waals surface area contributed by atoms with Crippen LogP contribution >= 0.6 is 0 Å². The van der Waals surface area contributed by atoms with E-state index in [4.69, 9.17) is 14.6 Å². The molecule has 4 nitrogen and oxygen atoms in total. The monoisotopic (exact) mass is 241 g/mol. The van der Waals surface area contributed by atoms with Crippen LogP contribution in [-0.2, 0) is 11.2 Å². The molecule has 17 heavy (non-hydrogen) atoms. The maximum absolute atomic E-state index is 9.00. The van der Waals surface area contributed by atoms with Crippen molar-refractivity contribution in [3.8, 4) is 5.75 Å². The van der Waals surface area contributed by atoms with Gasteiger partial charge in [0.2, 0.25) is 0 Å². The molecular formula is C13H23NO3. The number of ether oxygens (including phenoxy) is 1. The number of aliphatic carboxylic acids is 1. The number of hydrogen-bond donors (Lipinski definition) is 2. The molecule has 0 heterocycles. The minimum atomic E-state index is -0.833. The molecule has 0 aliphatic carbocycles. The third-order valence-corrected chi connectivity index (χ3v) is 1.80. The van der Waals surface area contributed by atoms with Gasteiger partial charge in [0.1, 0.15) is 5.75 Å². The van der Waals surface area contributed by atoms with Crippen molar-refractivity contribution >= 4 is 5.97 Å². The highest BCUT2D eigenvalue weighted by atomic mass is 16.5. The van der Waals surface area contributed by atoms with Gasteiger partial charge in [-0.05, 0) is 30.0 Å². The zero-order chi connectivity index (χ0) is 12.6. The van der Waals surface area contributed by atoms with E-state index in [0.717, 1.165) is 25.0 Å². The van der Waals surface area contributed by atoms with Gasteiger partial charge in [-0.25, -0.2) is 0 Å². The Morgan fingerprint density at radius 1 is 1.29 bits per heavy atom. The van der Waals surface area contributed by atoms with E-state index in [1.807, 2.05) is 12.1 Å². The highest BCUT2D eigenvalue weighted by Gasteiger charge is 1.97. The van der Waals surface area contributed by atoms with Crippen LogP contribution in [0.1, 0.15) is 26.3 Å². The second-order valence-corrected chi connectivity index (χ2v) is 3.97. The van der Waals surface area contributed by atoms with Crippen molar-refractivity contribution in [1.82, 2.24) is 6.15 Å². The number of hydrogen-bond acceptors (Lipinski definition) is 3. The van der Waals surface area contributed by atoms with Gasteiger partial charge in [0, 0.05) is 6.92 Å². The molecule has 98 valence electrons. The minimum Gasteiger partial charge on any atom is -0.497 e. The van der Waals surface area contributed by atoms with Gasteiger partial charge in [-0.15, -0.1) is 0 Å². The van der Waals surface area contributed by atoms with Crippen molar-refractivity contribution in [3.63, 3.8) is 0 Å². The Morgan fingerprint density at radius 3 is 2.00 bits per heavy atom. The van der Waals surface area contributed by atoms with E-state index in [0.29, 0.717) is 0 Å². The maximum atomic E-state index is 9.00. The van der Waals surface area contributed by atoms with Crippen LogP contribution in [0.25, 0.3) is 0 Å². The van der Waals surface area contributed by atoms with Crippen LogP contribution in [0.5, 0.6) is 5.75 Å². The Morgan fingerprint density at radius 2 is 1.71 bits per heavy atom. The molecule has 0 bridgehead atoms. The molecule has 0 atom stereocenters. The molecule has 0 saturated heterocycles. The van der Waals surface area contributed by atoms with E-state index in [-0.39, 0.29) is 6.15 Å². The predicted molar refractivity (Wildman–Crippen MR) is 69.9 cm³/mol. The quantitative estimate of drug-likeness (QED) is 0.851. The Kier molecular flexibility index (Phi) is 10.1. The van der Waals surface area contributed by atoms with Gasteiger partial charge in [0.05, 0.1) is 7.11 Å². The van der Waals surface area contributed by atoms with E-state index in [2.05, 4.69) is 26.0 Å². The zero-order valence-electron chi connectivity index (χ0n) is 11.1. The Balaban J connectivity index is 0. The number of rotatable bonds is 3. The smallest absolute Gasteiger partial charge is 0.300 e. The lowest BCUT2D eigenvalue weighted by molar-refractivity contribution is -0.134. The summed E-state index contributed by atoms with van der Waals surface area (Å²) in [6.45, 7) is 5.54. The first-order valence-corrected chi connectivity index (χ1v) is 5.28. The molecule has 1 aromatic carbocycles. The summed E-state index contributed by atoms with van der Waals surface area (Å²) < 4.78 is 5.07. The lowest BCUT2D eigenvalue weighted by Gasteiger charge is -2.05. The maximum Gasteiger partial charge on any atom is 0.300 e. The molecule has 0 saturated carbocycles. The summed E-state index contributed by atoms with van der Waals surface area (Å²) in [6.07, 6.45) is 1.14. The van der Waals surface area contributed by atoms with Crippen LogP contribution in [0.2, 0.25) is 0 Å². The second kappa shape index (κ2) is 9.66. The van der Waals surface area contributed by atoms with Crippen LogP contribution in [0.3, 0.4) is 0 Å². The Hall–Kier alpha value is -1.55. The Labute approximate surface area is 103 Å². The largest absolute Gasteiger partial charge is 0.497 e. The Bertz CT molecular complexity index is 303. The van der Waals surface area contributed by atoms with Crippen LogP contribution in [-0.4, -0.2) is 18.2 Å². The fourth-order valence-corrected chi connectivity index (χ4v) is 1.23. The van der Waals surface area contributed by atoms with Gasteiger partial charge in [-0.3, -0.25) is 4.79 Å².